The van der Waals surface area contributed by atoms with Crippen LogP contribution in [0.5, 0.6) is 5.75 Å². The minimum atomic E-state index is -0.378. The van der Waals surface area contributed by atoms with Crippen LogP contribution >= 0.6 is 28.1 Å². The number of thiocarbonyl (C=S) groups is 1. The first-order chi connectivity index (χ1) is 12.8. The van der Waals surface area contributed by atoms with Crippen molar-refractivity contribution < 1.29 is 14.3 Å². The lowest BCUT2D eigenvalue weighted by molar-refractivity contribution is 0.0827. The third-order valence-electron chi connectivity index (χ3n) is 3.51. The number of nitrogens with zero attached hydrogens (tertiary/aromatic N) is 1. The highest BCUT2D eigenvalue weighted by atomic mass is 79.9. The molecule has 0 unspecified atom stereocenters. The fourth-order valence-corrected chi connectivity index (χ4v) is 2.82. The lowest BCUT2D eigenvalue weighted by atomic mass is 10.2. The molecule has 0 atom stereocenters. The van der Waals surface area contributed by atoms with Crippen LogP contribution in [0, 0.1) is 0 Å². The zero-order valence-electron chi connectivity index (χ0n) is 15.2. The molecule has 0 spiro atoms. The van der Waals surface area contributed by atoms with Gasteiger partial charge in [-0.25, -0.2) is 0 Å². The predicted octanol–water partition coefficient (Wildman–Crippen LogP) is 3.68. The fraction of sp³-hybridized carbons (Fsp3) is 0.211. The highest BCUT2D eigenvalue weighted by Crippen LogP contribution is 2.23. The summed E-state index contributed by atoms with van der Waals surface area (Å²) >= 11 is 8.56. The van der Waals surface area contributed by atoms with Crippen LogP contribution in [0.4, 0.5) is 5.69 Å². The number of carbonyl (C=O) groups excluding carboxylic acids is 2. The van der Waals surface area contributed by atoms with Gasteiger partial charge in [0, 0.05) is 29.8 Å². The molecule has 0 bridgehead atoms. The number of halogens is 1. The van der Waals surface area contributed by atoms with Crippen LogP contribution in [-0.4, -0.2) is 42.5 Å². The van der Waals surface area contributed by atoms with Crippen LogP contribution in [0.2, 0.25) is 0 Å². The van der Waals surface area contributed by atoms with E-state index in [2.05, 4.69) is 26.6 Å². The maximum atomic E-state index is 12.5. The molecule has 0 saturated carbocycles. The minimum absolute atomic E-state index is 0.0875. The Morgan fingerprint density at radius 1 is 1.15 bits per heavy atom. The number of hydrogen-bond acceptors (Lipinski definition) is 4. The Morgan fingerprint density at radius 2 is 1.81 bits per heavy atom. The van der Waals surface area contributed by atoms with Crippen LogP contribution in [-0.2, 0) is 0 Å². The lowest BCUT2D eigenvalue weighted by Gasteiger charge is -2.13. The number of nitrogens with one attached hydrogen (secondary N) is 2. The van der Waals surface area contributed by atoms with Crippen LogP contribution in [0.25, 0.3) is 0 Å². The smallest absolute Gasteiger partial charge is 0.261 e. The summed E-state index contributed by atoms with van der Waals surface area (Å²) in [4.78, 5) is 25.9. The average Bonchev–Trinajstić information content (AvgIpc) is 2.63. The van der Waals surface area contributed by atoms with E-state index in [-0.39, 0.29) is 16.9 Å². The summed E-state index contributed by atoms with van der Waals surface area (Å²) in [6, 6.07) is 12.0. The van der Waals surface area contributed by atoms with Gasteiger partial charge in [0.15, 0.2) is 5.11 Å². The summed E-state index contributed by atoms with van der Waals surface area (Å²) in [5.74, 6) is 0.0137. The van der Waals surface area contributed by atoms with E-state index in [0.717, 1.165) is 4.47 Å². The Hall–Kier alpha value is -2.45. The van der Waals surface area contributed by atoms with Crippen LogP contribution in [0.1, 0.15) is 27.6 Å². The van der Waals surface area contributed by atoms with E-state index in [1.807, 2.05) is 6.92 Å². The van der Waals surface area contributed by atoms with E-state index in [1.54, 1.807) is 56.6 Å². The highest BCUT2D eigenvalue weighted by molar-refractivity contribution is 9.10. The van der Waals surface area contributed by atoms with Gasteiger partial charge in [0.25, 0.3) is 11.8 Å². The molecule has 2 aromatic carbocycles. The summed E-state index contributed by atoms with van der Waals surface area (Å²) < 4.78 is 6.25. The van der Waals surface area contributed by atoms with Gasteiger partial charge in [-0.2, -0.15) is 0 Å². The van der Waals surface area contributed by atoms with Crippen molar-refractivity contribution in [3.63, 3.8) is 0 Å². The second kappa shape index (κ2) is 9.48. The summed E-state index contributed by atoms with van der Waals surface area (Å²) in [6.07, 6.45) is 0. The highest BCUT2D eigenvalue weighted by Gasteiger charge is 2.15. The summed E-state index contributed by atoms with van der Waals surface area (Å²) in [7, 11) is 3.38. The van der Waals surface area contributed by atoms with E-state index < -0.39 is 0 Å². The fourth-order valence-electron chi connectivity index (χ4n) is 2.25. The van der Waals surface area contributed by atoms with Gasteiger partial charge in [0.05, 0.1) is 12.2 Å². The zero-order chi connectivity index (χ0) is 20.0. The molecule has 0 aliphatic carbocycles. The van der Waals surface area contributed by atoms with Crippen molar-refractivity contribution in [2.45, 2.75) is 6.92 Å². The first-order valence-corrected chi connectivity index (χ1v) is 9.38. The zero-order valence-corrected chi connectivity index (χ0v) is 17.6. The number of hydrogen-bond donors (Lipinski definition) is 2. The van der Waals surface area contributed by atoms with Gasteiger partial charge in [-0.05, 0) is 61.6 Å². The van der Waals surface area contributed by atoms with Crippen molar-refractivity contribution in [2.24, 2.45) is 0 Å². The topological polar surface area (TPSA) is 70.7 Å². The predicted molar refractivity (Wildman–Crippen MR) is 113 cm³/mol. The van der Waals surface area contributed by atoms with Crippen molar-refractivity contribution >= 4 is 50.8 Å². The normalized spacial score (nSPS) is 10.1. The van der Waals surface area contributed by atoms with Gasteiger partial charge in [-0.1, -0.05) is 15.9 Å². The molecular weight excluding hydrogens is 430 g/mol. The molecule has 0 aromatic heterocycles. The summed E-state index contributed by atoms with van der Waals surface area (Å²) in [5.41, 5.74) is 1.60. The first kappa shape index (κ1) is 20.9. The molecular formula is C19H20BrN3O3S. The number of anilines is 1. The minimum Gasteiger partial charge on any atom is -0.493 e. The molecule has 27 heavy (non-hydrogen) atoms. The molecule has 2 amide bonds. The standard InChI is InChI=1S/C19H20BrN3O3S/c1-4-26-16-10-7-13(20)11-15(16)17(24)22-19(27)21-14-8-5-12(6-9-14)18(25)23(2)3/h5-11H,4H2,1-3H3,(H2,21,22,24,27). The third-order valence-corrected chi connectivity index (χ3v) is 4.21. The van der Waals surface area contributed by atoms with E-state index in [9.17, 15) is 9.59 Å². The van der Waals surface area contributed by atoms with Crippen LogP contribution in [0.3, 0.4) is 0 Å². The Kier molecular flexibility index (Phi) is 7.32. The second-order valence-corrected chi connectivity index (χ2v) is 7.08. The lowest BCUT2D eigenvalue weighted by Crippen LogP contribution is -2.34. The number of ether oxygens (including phenoxy) is 1. The van der Waals surface area contributed by atoms with Crippen molar-refractivity contribution in [3.05, 3.63) is 58.1 Å². The SMILES string of the molecule is CCOc1ccc(Br)cc1C(=O)NC(=S)Nc1ccc(C(=O)N(C)C)cc1. The maximum Gasteiger partial charge on any atom is 0.261 e. The quantitative estimate of drug-likeness (QED) is 0.681. The van der Waals surface area contributed by atoms with Crippen molar-refractivity contribution in [2.75, 3.05) is 26.0 Å². The monoisotopic (exact) mass is 449 g/mol. The molecule has 2 N–H and O–H groups in total. The van der Waals surface area contributed by atoms with Crippen molar-refractivity contribution in [1.82, 2.24) is 10.2 Å². The molecule has 0 aliphatic heterocycles. The molecule has 0 heterocycles. The first-order valence-electron chi connectivity index (χ1n) is 8.18. The van der Waals surface area contributed by atoms with Crippen molar-refractivity contribution in [3.8, 4) is 5.75 Å². The number of amides is 2. The van der Waals surface area contributed by atoms with Gasteiger partial charge in [0.2, 0.25) is 0 Å². The van der Waals surface area contributed by atoms with Gasteiger partial charge < -0.3 is 15.0 Å². The molecule has 6 nitrogen and oxygen atoms in total. The van der Waals surface area contributed by atoms with Gasteiger partial charge in [-0.15, -0.1) is 0 Å². The Bertz CT molecular complexity index is 854. The Labute approximate surface area is 172 Å². The largest absolute Gasteiger partial charge is 0.493 e. The second-order valence-electron chi connectivity index (χ2n) is 5.76. The Morgan fingerprint density at radius 3 is 2.41 bits per heavy atom. The summed E-state index contributed by atoms with van der Waals surface area (Å²) in [6.45, 7) is 2.29. The summed E-state index contributed by atoms with van der Waals surface area (Å²) in [5, 5.41) is 5.71. The molecule has 0 radical (unpaired) electrons. The van der Waals surface area contributed by atoms with E-state index in [1.165, 1.54) is 4.90 Å². The molecule has 2 rings (SSSR count). The number of benzene rings is 2. The molecule has 0 aliphatic rings. The third kappa shape index (κ3) is 5.77. The van der Waals surface area contributed by atoms with Crippen LogP contribution < -0.4 is 15.4 Å². The number of carbonyl (C=O) groups is 2. The average molecular weight is 450 g/mol. The van der Waals surface area contributed by atoms with Gasteiger partial charge >= 0.3 is 0 Å². The molecule has 0 fully saturated rings. The molecule has 0 saturated heterocycles. The van der Waals surface area contributed by atoms with E-state index in [0.29, 0.717) is 29.2 Å². The van der Waals surface area contributed by atoms with Crippen LogP contribution in [0.15, 0.2) is 46.9 Å². The van der Waals surface area contributed by atoms with E-state index in [4.69, 9.17) is 17.0 Å². The van der Waals surface area contributed by atoms with Gasteiger partial charge in [-0.3, -0.25) is 14.9 Å². The molecule has 8 heteroatoms. The maximum absolute atomic E-state index is 12.5. The molecule has 142 valence electrons. The molecule has 2 aromatic rings. The van der Waals surface area contributed by atoms with E-state index >= 15 is 0 Å². The number of rotatable bonds is 5. The van der Waals surface area contributed by atoms with Crippen molar-refractivity contribution in [1.29, 1.82) is 0 Å². The van der Waals surface area contributed by atoms with Gasteiger partial charge in [0.1, 0.15) is 5.75 Å². The Balaban J connectivity index is 2.04.